The molecule has 1 N–H and O–H groups in total. The van der Waals surface area contributed by atoms with Gasteiger partial charge in [0, 0.05) is 31.2 Å². The van der Waals surface area contributed by atoms with Crippen molar-refractivity contribution in [3.05, 3.63) is 29.8 Å². The molecule has 1 atom stereocenters. The van der Waals surface area contributed by atoms with Gasteiger partial charge < -0.3 is 10.1 Å². The summed E-state index contributed by atoms with van der Waals surface area (Å²) >= 11 is 0. The molecule has 2 rings (SSSR count). The molecule has 3 heteroatoms. The topological polar surface area (TPSA) is 24.5 Å². The number of para-hydroxylation sites is 1. The van der Waals surface area contributed by atoms with Gasteiger partial charge in [0.15, 0.2) is 0 Å². The number of benzene rings is 1. The van der Waals surface area contributed by atoms with Gasteiger partial charge in [-0.2, -0.15) is 0 Å². The van der Waals surface area contributed by atoms with Crippen LogP contribution in [0.1, 0.15) is 26.3 Å². The summed E-state index contributed by atoms with van der Waals surface area (Å²) in [5.41, 5.74) is 1.31. The maximum absolute atomic E-state index is 5.85. The first-order chi connectivity index (χ1) is 9.22. The molecular formula is C16H26N2O. The number of rotatable bonds is 5. The summed E-state index contributed by atoms with van der Waals surface area (Å²) in [4.78, 5) is 2.55. The van der Waals surface area contributed by atoms with Gasteiger partial charge in [-0.3, -0.25) is 4.90 Å². The van der Waals surface area contributed by atoms with E-state index in [9.17, 15) is 0 Å². The highest BCUT2D eigenvalue weighted by Crippen LogP contribution is 2.24. The van der Waals surface area contributed by atoms with Crippen LogP contribution in [0.5, 0.6) is 5.75 Å². The highest BCUT2D eigenvalue weighted by atomic mass is 16.5. The zero-order valence-electron chi connectivity index (χ0n) is 12.4. The maximum atomic E-state index is 5.85. The lowest BCUT2D eigenvalue weighted by Gasteiger charge is -2.33. The van der Waals surface area contributed by atoms with Crippen molar-refractivity contribution in [1.29, 1.82) is 0 Å². The molecule has 0 aromatic heterocycles. The van der Waals surface area contributed by atoms with Crippen LogP contribution in [0.25, 0.3) is 0 Å². The van der Waals surface area contributed by atoms with Crippen molar-refractivity contribution in [2.45, 2.75) is 33.4 Å². The van der Waals surface area contributed by atoms with Crippen molar-refractivity contribution in [3.63, 3.8) is 0 Å². The standard InChI is InChI=1S/C16H26N2O/c1-4-17-11-15(13(2)3)18-9-10-19-16-8-6-5-7-14(16)12-18/h5-8,13,15,17H,4,9-12H2,1-3H3. The lowest BCUT2D eigenvalue weighted by molar-refractivity contribution is 0.132. The smallest absolute Gasteiger partial charge is 0.123 e. The van der Waals surface area contributed by atoms with Crippen LogP contribution in [0.4, 0.5) is 0 Å². The van der Waals surface area contributed by atoms with Gasteiger partial charge in [-0.1, -0.05) is 39.0 Å². The lowest BCUT2D eigenvalue weighted by atomic mass is 10.0. The quantitative estimate of drug-likeness (QED) is 0.882. The molecule has 0 saturated carbocycles. The van der Waals surface area contributed by atoms with Crippen molar-refractivity contribution in [2.75, 3.05) is 26.2 Å². The van der Waals surface area contributed by atoms with E-state index < -0.39 is 0 Å². The average Bonchev–Trinajstić information content (AvgIpc) is 2.61. The first-order valence-corrected chi connectivity index (χ1v) is 7.37. The van der Waals surface area contributed by atoms with E-state index in [0.29, 0.717) is 12.0 Å². The Labute approximate surface area is 116 Å². The molecule has 1 aliphatic heterocycles. The summed E-state index contributed by atoms with van der Waals surface area (Å²) in [6.45, 7) is 11.6. The predicted octanol–water partition coefficient (Wildman–Crippen LogP) is 2.52. The number of likely N-dealkylation sites (N-methyl/N-ethyl adjacent to an activating group) is 1. The zero-order valence-corrected chi connectivity index (χ0v) is 12.4. The Bertz CT molecular complexity index is 392. The lowest BCUT2D eigenvalue weighted by Crippen LogP contribution is -2.46. The minimum atomic E-state index is 0.565. The molecule has 19 heavy (non-hydrogen) atoms. The van der Waals surface area contributed by atoms with E-state index >= 15 is 0 Å². The van der Waals surface area contributed by atoms with E-state index in [0.717, 1.165) is 38.5 Å². The Kier molecular flexibility index (Phi) is 5.23. The number of hydrogen-bond donors (Lipinski definition) is 1. The van der Waals surface area contributed by atoms with Crippen molar-refractivity contribution in [1.82, 2.24) is 10.2 Å². The van der Waals surface area contributed by atoms with Crippen molar-refractivity contribution in [2.24, 2.45) is 5.92 Å². The molecule has 0 fully saturated rings. The van der Waals surface area contributed by atoms with Gasteiger partial charge in [0.05, 0.1) is 0 Å². The van der Waals surface area contributed by atoms with E-state index in [2.05, 4.69) is 49.2 Å². The molecule has 1 unspecified atom stereocenters. The van der Waals surface area contributed by atoms with E-state index in [1.54, 1.807) is 0 Å². The van der Waals surface area contributed by atoms with Gasteiger partial charge in [0.2, 0.25) is 0 Å². The average molecular weight is 262 g/mol. The Morgan fingerprint density at radius 3 is 2.84 bits per heavy atom. The second-order valence-corrected chi connectivity index (χ2v) is 5.55. The third kappa shape index (κ3) is 3.71. The number of fused-ring (bicyclic) bond motifs is 1. The number of hydrogen-bond acceptors (Lipinski definition) is 3. The van der Waals surface area contributed by atoms with E-state index in [4.69, 9.17) is 4.74 Å². The van der Waals surface area contributed by atoms with Gasteiger partial charge >= 0.3 is 0 Å². The van der Waals surface area contributed by atoms with E-state index in [-0.39, 0.29) is 0 Å². The molecule has 0 amide bonds. The van der Waals surface area contributed by atoms with Crippen LogP contribution < -0.4 is 10.1 Å². The Balaban J connectivity index is 2.11. The van der Waals surface area contributed by atoms with Crippen LogP contribution in [0, 0.1) is 5.92 Å². The Hall–Kier alpha value is -1.06. The van der Waals surface area contributed by atoms with E-state index in [1.165, 1.54) is 5.56 Å². The molecule has 0 bridgehead atoms. The van der Waals surface area contributed by atoms with Gasteiger partial charge in [-0.05, 0) is 18.5 Å². The molecule has 1 aliphatic rings. The van der Waals surface area contributed by atoms with Gasteiger partial charge in [-0.25, -0.2) is 0 Å². The van der Waals surface area contributed by atoms with Gasteiger partial charge in [-0.15, -0.1) is 0 Å². The Morgan fingerprint density at radius 2 is 2.11 bits per heavy atom. The highest BCUT2D eigenvalue weighted by Gasteiger charge is 2.24. The van der Waals surface area contributed by atoms with Crippen molar-refractivity contribution >= 4 is 0 Å². The van der Waals surface area contributed by atoms with E-state index in [1.807, 2.05) is 6.07 Å². The number of nitrogens with zero attached hydrogens (tertiary/aromatic N) is 1. The summed E-state index contributed by atoms with van der Waals surface area (Å²) in [6.07, 6.45) is 0. The first-order valence-electron chi connectivity index (χ1n) is 7.37. The minimum absolute atomic E-state index is 0.565. The zero-order chi connectivity index (χ0) is 13.7. The van der Waals surface area contributed by atoms with Crippen molar-refractivity contribution in [3.8, 4) is 5.75 Å². The Morgan fingerprint density at radius 1 is 1.32 bits per heavy atom. The SMILES string of the molecule is CCNCC(C(C)C)N1CCOc2ccccc2C1. The second kappa shape index (κ2) is 6.92. The number of ether oxygens (including phenoxy) is 1. The molecule has 0 saturated heterocycles. The fourth-order valence-corrected chi connectivity index (χ4v) is 2.71. The second-order valence-electron chi connectivity index (χ2n) is 5.55. The van der Waals surface area contributed by atoms with Gasteiger partial charge in [0.25, 0.3) is 0 Å². The summed E-state index contributed by atoms with van der Waals surface area (Å²) in [5.74, 6) is 1.69. The largest absolute Gasteiger partial charge is 0.492 e. The summed E-state index contributed by atoms with van der Waals surface area (Å²) < 4.78 is 5.85. The number of nitrogens with one attached hydrogen (secondary N) is 1. The fraction of sp³-hybridized carbons (Fsp3) is 0.625. The summed E-state index contributed by atoms with van der Waals surface area (Å²) in [7, 11) is 0. The third-order valence-electron chi connectivity index (χ3n) is 3.82. The van der Waals surface area contributed by atoms with Gasteiger partial charge in [0.1, 0.15) is 12.4 Å². The summed E-state index contributed by atoms with van der Waals surface area (Å²) in [6, 6.07) is 8.97. The molecule has 3 nitrogen and oxygen atoms in total. The van der Waals surface area contributed by atoms with Crippen molar-refractivity contribution < 1.29 is 4.74 Å². The first kappa shape index (κ1) is 14.4. The monoisotopic (exact) mass is 262 g/mol. The van der Waals surface area contributed by atoms with Crippen LogP contribution in [0.3, 0.4) is 0 Å². The predicted molar refractivity (Wildman–Crippen MR) is 79.5 cm³/mol. The molecule has 1 aromatic carbocycles. The van der Waals surface area contributed by atoms with Crippen LogP contribution in [-0.4, -0.2) is 37.2 Å². The molecule has 0 aliphatic carbocycles. The highest BCUT2D eigenvalue weighted by molar-refractivity contribution is 5.33. The summed E-state index contributed by atoms with van der Waals surface area (Å²) in [5, 5.41) is 3.49. The molecular weight excluding hydrogens is 236 g/mol. The minimum Gasteiger partial charge on any atom is -0.492 e. The van der Waals surface area contributed by atoms with Crippen LogP contribution in [-0.2, 0) is 6.54 Å². The molecule has 106 valence electrons. The van der Waals surface area contributed by atoms with Crippen LogP contribution in [0.2, 0.25) is 0 Å². The normalized spacial score (nSPS) is 17.7. The molecule has 1 aromatic rings. The third-order valence-corrected chi connectivity index (χ3v) is 3.82. The molecule has 1 heterocycles. The van der Waals surface area contributed by atoms with Crippen LogP contribution >= 0.6 is 0 Å². The fourth-order valence-electron chi connectivity index (χ4n) is 2.71. The molecule has 0 spiro atoms. The maximum Gasteiger partial charge on any atom is 0.123 e. The van der Waals surface area contributed by atoms with Crippen LogP contribution in [0.15, 0.2) is 24.3 Å². The molecule has 0 radical (unpaired) electrons.